The van der Waals surface area contributed by atoms with Crippen LogP contribution in [0, 0.1) is 0 Å². The fraction of sp³-hybridized carbons (Fsp3) is 0.921. The minimum Gasteiger partial charge on any atom is -0.356 e. The second kappa shape index (κ2) is 49.4. The van der Waals surface area contributed by atoms with Gasteiger partial charge in [-0.1, -0.05) is 139 Å². The molecule has 5 N–H and O–H groups in total. The van der Waals surface area contributed by atoms with Crippen LogP contribution in [0.25, 0.3) is 0 Å². The Labute approximate surface area is 283 Å². The summed E-state index contributed by atoms with van der Waals surface area (Å²) in [6, 6.07) is -0.614. The highest BCUT2D eigenvalue weighted by Crippen LogP contribution is 2.13. The van der Waals surface area contributed by atoms with Gasteiger partial charge in [0, 0.05) is 19.5 Å². The van der Waals surface area contributed by atoms with Gasteiger partial charge in [-0.15, -0.1) is 0 Å². The molecule has 0 radical (unpaired) electrons. The van der Waals surface area contributed by atoms with E-state index in [1.54, 1.807) is 14.0 Å². The highest BCUT2D eigenvalue weighted by molar-refractivity contribution is 5.81. The number of hydrogen-bond acceptors (Lipinski definition) is 5. The number of hydrogen-bond donors (Lipinski definition) is 4. The van der Waals surface area contributed by atoms with Gasteiger partial charge in [0.15, 0.2) is 0 Å². The molecule has 0 spiro atoms. The summed E-state index contributed by atoms with van der Waals surface area (Å²) in [5, 5.41) is 8.88. The number of unbranched alkanes of at least 4 members (excludes halogenated alkanes) is 14. The number of rotatable bonds is 27. The van der Waals surface area contributed by atoms with Crippen molar-refractivity contribution in [1.82, 2.24) is 16.0 Å². The van der Waals surface area contributed by atoms with E-state index in [2.05, 4.69) is 22.9 Å². The summed E-state index contributed by atoms with van der Waals surface area (Å²) in [6.07, 6.45) is 22.4. The Morgan fingerprint density at radius 2 is 0.956 bits per heavy atom. The first kappa shape index (κ1) is 53.0. The van der Waals surface area contributed by atoms with E-state index < -0.39 is 6.04 Å². The molecule has 2 atom stereocenters. The zero-order valence-corrected chi connectivity index (χ0v) is 32.5. The van der Waals surface area contributed by atoms with Crippen molar-refractivity contribution in [2.45, 2.75) is 210 Å². The molecule has 0 saturated carbocycles. The first-order valence-electron chi connectivity index (χ1n) is 19.4. The molecule has 0 aromatic rings. The fourth-order valence-electron chi connectivity index (χ4n) is 4.61. The molecular weight excluding hydrogens is 560 g/mol. The lowest BCUT2D eigenvalue weighted by atomic mass is 10.0. The Morgan fingerprint density at radius 3 is 1.38 bits per heavy atom. The molecule has 0 aromatic carbocycles. The van der Waals surface area contributed by atoms with E-state index in [4.69, 9.17) is 5.73 Å². The Bertz CT molecular complexity index is 573. The molecule has 0 bridgehead atoms. The second-order valence-corrected chi connectivity index (χ2v) is 10.7. The van der Waals surface area contributed by atoms with Gasteiger partial charge >= 0.3 is 0 Å². The predicted molar refractivity (Wildman–Crippen MR) is 201 cm³/mol. The number of nitrogens with two attached hydrogens (primary N) is 1. The molecule has 2 unspecified atom stereocenters. The molecule has 2 amide bonds. The summed E-state index contributed by atoms with van der Waals surface area (Å²) in [5.74, 6) is 0.155. The topological polar surface area (TPSA) is 113 Å². The summed E-state index contributed by atoms with van der Waals surface area (Å²) >= 11 is 0. The van der Waals surface area contributed by atoms with Crippen molar-refractivity contribution >= 4 is 17.6 Å². The second-order valence-electron chi connectivity index (χ2n) is 10.7. The molecule has 0 aliphatic carbocycles. The average Bonchev–Trinajstić information content (AvgIpc) is 3.08. The Balaban J connectivity index is -0.000000612. The van der Waals surface area contributed by atoms with Crippen LogP contribution in [0.2, 0.25) is 0 Å². The average molecular weight is 645 g/mol. The maximum Gasteiger partial charge on any atom is 0.236 e. The first-order valence-corrected chi connectivity index (χ1v) is 19.4. The van der Waals surface area contributed by atoms with E-state index in [1.165, 1.54) is 70.6 Å². The zero-order chi connectivity index (χ0) is 35.6. The summed E-state index contributed by atoms with van der Waals surface area (Å²) in [4.78, 5) is 35.5. The summed E-state index contributed by atoms with van der Waals surface area (Å²) in [6.45, 7) is 21.1. The van der Waals surface area contributed by atoms with Gasteiger partial charge < -0.3 is 21.7 Å². The van der Waals surface area contributed by atoms with Crippen molar-refractivity contribution in [3.63, 3.8) is 0 Å². The van der Waals surface area contributed by atoms with Gasteiger partial charge in [0.1, 0.15) is 5.78 Å². The van der Waals surface area contributed by atoms with Crippen LogP contribution in [0.5, 0.6) is 0 Å². The molecular formula is C38H84N4O3. The van der Waals surface area contributed by atoms with Crippen LogP contribution >= 0.6 is 0 Å². The van der Waals surface area contributed by atoms with Crippen molar-refractivity contribution in [3.8, 4) is 0 Å². The standard InChI is InChI=1S/C30H60N4O3.4C2H6/c1-4-5-6-7-8-9-10-11-12-13-14-15-16-23-29(36)33-24-19-17-21-27(31)30(37)34-25-20-18-22-28(32-3)26(2)35;4*1-2/h27-28,32H,4-25,31H2,1-3H3,(H,33,36)(H,34,37);4*1-2H3. The molecule has 0 aliphatic rings. The SMILES string of the molecule is CC.CC.CC.CC.CCCCCCCCCCCCCCCC(=O)NCCCCC(N)C(=O)NCCCCC(NC)C(C)=O. The lowest BCUT2D eigenvalue weighted by Gasteiger charge is -2.14. The van der Waals surface area contributed by atoms with E-state index >= 15 is 0 Å². The van der Waals surface area contributed by atoms with Gasteiger partial charge in [-0.2, -0.15) is 0 Å². The number of ketones is 1. The highest BCUT2D eigenvalue weighted by Gasteiger charge is 2.13. The minimum atomic E-state index is -0.510. The molecule has 7 heteroatoms. The van der Waals surface area contributed by atoms with Gasteiger partial charge in [-0.3, -0.25) is 14.4 Å². The molecule has 45 heavy (non-hydrogen) atoms. The summed E-state index contributed by atoms with van der Waals surface area (Å²) < 4.78 is 0. The van der Waals surface area contributed by atoms with Crippen molar-refractivity contribution in [2.75, 3.05) is 20.1 Å². The van der Waals surface area contributed by atoms with E-state index in [0.29, 0.717) is 25.9 Å². The van der Waals surface area contributed by atoms with Gasteiger partial charge in [0.2, 0.25) is 11.8 Å². The summed E-state index contributed by atoms with van der Waals surface area (Å²) in [5.41, 5.74) is 5.99. The molecule has 7 nitrogen and oxygen atoms in total. The normalized spacial score (nSPS) is 11.0. The summed E-state index contributed by atoms with van der Waals surface area (Å²) in [7, 11) is 1.79. The third-order valence-electron chi connectivity index (χ3n) is 7.17. The number of nitrogens with one attached hydrogen (secondary N) is 3. The Morgan fingerprint density at radius 1 is 0.556 bits per heavy atom. The van der Waals surface area contributed by atoms with Gasteiger partial charge in [0.05, 0.1) is 12.1 Å². The number of amides is 2. The molecule has 0 heterocycles. The number of Topliss-reactive ketones (excluding diaryl/α,β-unsaturated/α-hetero) is 1. The van der Waals surface area contributed by atoms with Crippen LogP contribution in [0.15, 0.2) is 0 Å². The third kappa shape index (κ3) is 44.7. The monoisotopic (exact) mass is 645 g/mol. The van der Waals surface area contributed by atoms with Crippen molar-refractivity contribution in [2.24, 2.45) is 5.73 Å². The lowest BCUT2D eigenvalue weighted by molar-refractivity contribution is -0.123. The van der Waals surface area contributed by atoms with Gasteiger partial charge in [-0.05, 0) is 58.9 Å². The molecule has 0 fully saturated rings. The van der Waals surface area contributed by atoms with Crippen molar-refractivity contribution < 1.29 is 14.4 Å². The van der Waals surface area contributed by atoms with Crippen LogP contribution in [0.3, 0.4) is 0 Å². The molecule has 0 aliphatic heterocycles. The number of likely N-dealkylation sites (N-methyl/N-ethyl adjacent to an activating group) is 1. The molecule has 0 saturated heterocycles. The molecule has 274 valence electrons. The van der Waals surface area contributed by atoms with Crippen molar-refractivity contribution in [3.05, 3.63) is 0 Å². The maximum absolute atomic E-state index is 12.1. The Hall–Kier alpha value is -1.47. The van der Waals surface area contributed by atoms with E-state index in [0.717, 1.165) is 44.9 Å². The van der Waals surface area contributed by atoms with Gasteiger partial charge in [-0.25, -0.2) is 0 Å². The zero-order valence-electron chi connectivity index (χ0n) is 32.5. The van der Waals surface area contributed by atoms with E-state index in [9.17, 15) is 14.4 Å². The quantitative estimate of drug-likeness (QED) is 0.0665. The minimum absolute atomic E-state index is 0.104. The van der Waals surface area contributed by atoms with Crippen LogP contribution in [0.4, 0.5) is 0 Å². The van der Waals surface area contributed by atoms with Crippen LogP contribution in [-0.4, -0.2) is 49.8 Å². The third-order valence-corrected chi connectivity index (χ3v) is 7.17. The maximum atomic E-state index is 12.1. The highest BCUT2D eigenvalue weighted by atomic mass is 16.2. The smallest absolute Gasteiger partial charge is 0.236 e. The van der Waals surface area contributed by atoms with E-state index in [1.807, 2.05) is 55.4 Å². The predicted octanol–water partition coefficient (Wildman–Crippen LogP) is 9.65. The largest absolute Gasteiger partial charge is 0.356 e. The van der Waals surface area contributed by atoms with Crippen molar-refractivity contribution in [1.29, 1.82) is 0 Å². The number of carbonyl (C=O) groups is 3. The first-order chi connectivity index (χ1) is 21.9. The van der Waals surface area contributed by atoms with Gasteiger partial charge in [0.25, 0.3) is 0 Å². The fourth-order valence-corrected chi connectivity index (χ4v) is 4.61. The van der Waals surface area contributed by atoms with Crippen LogP contribution < -0.4 is 21.7 Å². The van der Waals surface area contributed by atoms with Crippen LogP contribution in [-0.2, 0) is 14.4 Å². The Kier molecular flexibility index (Phi) is 58.2. The van der Waals surface area contributed by atoms with Crippen LogP contribution in [0.1, 0.15) is 198 Å². The molecule has 0 aromatic heterocycles. The van der Waals surface area contributed by atoms with E-state index in [-0.39, 0.29) is 23.6 Å². The number of carbonyl (C=O) groups excluding carboxylic acids is 3. The lowest BCUT2D eigenvalue weighted by Crippen LogP contribution is -2.41. The molecule has 0 rings (SSSR count).